The maximum absolute atomic E-state index is 13.2. The molecule has 0 saturated carbocycles. The molecule has 22 nitrogen and oxygen atoms in total. The third-order valence-corrected chi connectivity index (χ3v) is 12.1. The van der Waals surface area contributed by atoms with Crippen LogP contribution in [0.15, 0.2) is 120 Å². The predicted molar refractivity (Wildman–Crippen MR) is 329 cm³/mol. The van der Waals surface area contributed by atoms with Gasteiger partial charge >= 0.3 is 29.8 Å². The molecule has 8 rings (SSSR count). The van der Waals surface area contributed by atoms with Crippen molar-refractivity contribution in [2.75, 3.05) is 33.0 Å². The van der Waals surface area contributed by atoms with Crippen LogP contribution in [-0.2, 0) is 61.2 Å². The minimum Gasteiger partial charge on any atom is -0.477 e. The fourth-order valence-electron chi connectivity index (χ4n) is 6.54. The number of hydrogen-bond acceptors (Lipinski definition) is 14. The summed E-state index contributed by atoms with van der Waals surface area (Å²) in [5, 5.41) is 34.2. The number of aldehydes is 1. The molecular formula is C58H55Br3F5N11O11Y. The molecule has 0 fully saturated rings. The Bertz CT molecular complexity index is 3990. The van der Waals surface area contributed by atoms with Gasteiger partial charge < -0.3 is 39.0 Å². The molecule has 31 heteroatoms. The Morgan fingerprint density at radius 3 is 1.38 bits per heavy atom. The van der Waals surface area contributed by atoms with Gasteiger partial charge in [-0.2, -0.15) is 10.5 Å². The number of carbonyl (C=O) groups excluding carboxylic acids is 5. The average Bonchev–Trinajstić information content (AvgIpc) is 2.67. The summed E-state index contributed by atoms with van der Waals surface area (Å²) in [6.07, 6.45) is 1.99. The van der Waals surface area contributed by atoms with E-state index in [4.69, 9.17) is 40.9 Å². The third kappa shape index (κ3) is 26.3. The van der Waals surface area contributed by atoms with E-state index in [2.05, 4.69) is 87.5 Å². The number of aromatic carboxylic acids is 1. The van der Waals surface area contributed by atoms with Gasteiger partial charge in [0.1, 0.15) is 58.4 Å². The minimum atomic E-state index is -1.14. The molecule has 8 aromatic rings. The first kappa shape index (κ1) is 82.3. The Morgan fingerprint density at radius 1 is 0.573 bits per heavy atom. The summed E-state index contributed by atoms with van der Waals surface area (Å²) < 4.78 is 84.8. The van der Waals surface area contributed by atoms with Gasteiger partial charge in [-0.1, -0.05) is 54.5 Å². The van der Waals surface area contributed by atoms with Crippen molar-refractivity contribution in [3.63, 3.8) is 0 Å². The molecule has 0 aliphatic carbocycles. The number of carbonyl (C=O) groups is 6. The summed E-state index contributed by atoms with van der Waals surface area (Å²) in [4.78, 5) is 78.5. The van der Waals surface area contributed by atoms with Crippen LogP contribution in [0, 0.1) is 51.7 Å². The fourth-order valence-corrected chi connectivity index (χ4v) is 8.00. The molecule has 0 aliphatic rings. The van der Waals surface area contributed by atoms with Gasteiger partial charge in [0.15, 0.2) is 6.29 Å². The van der Waals surface area contributed by atoms with E-state index >= 15 is 0 Å². The topological polar surface area (TPSA) is 352 Å². The van der Waals surface area contributed by atoms with E-state index in [0.29, 0.717) is 77.1 Å². The van der Waals surface area contributed by atoms with Gasteiger partial charge in [-0.3, -0.25) is 9.59 Å². The second-order valence-corrected chi connectivity index (χ2v) is 18.3. The molecule has 0 bridgehead atoms. The average molecular weight is 1510 g/mol. The van der Waals surface area contributed by atoms with Gasteiger partial charge in [0.05, 0.1) is 66.2 Å². The Kier molecular flexibility index (Phi) is 39.0. The van der Waals surface area contributed by atoms with Crippen molar-refractivity contribution in [1.82, 2.24) is 15.0 Å². The number of esters is 4. The second kappa shape index (κ2) is 42.2. The molecule has 89 heavy (non-hydrogen) atoms. The van der Waals surface area contributed by atoms with Crippen LogP contribution in [0.4, 0.5) is 22.0 Å². The van der Waals surface area contributed by atoms with E-state index in [1.54, 1.807) is 33.8 Å². The Balaban J connectivity index is 0. The molecule has 0 spiro atoms. The van der Waals surface area contributed by atoms with E-state index in [1.807, 2.05) is 12.1 Å². The van der Waals surface area contributed by atoms with E-state index in [1.165, 1.54) is 72.8 Å². The molecule has 4 N–H and O–H groups in total. The van der Waals surface area contributed by atoms with Crippen molar-refractivity contribution >= 4 is 123 Å². The summed E-state index contributed by atoms with van der Waals surface area (Å²) >= 11 is 9.42. The molecule has 5 aromatic carbocycles. The van der Waals surface area contributed by atoms with Crippen LogP contribution in [0.3, 0.4) is 0 Å². The van der Waals surface area contributed by atoms with Crippen LogP contribution in [0.2, 0.25) is 0 Å². The van der Waals surface area contributed by atoms with Crippen molar-refractivity contribution in [3.8, 4) is 12.1 Å². The number of ether oxygens (including phenoxy) is 4. The number of carboxylic acids is 1. The van der Waals surface area contributed by atoms with Gasteiger partial charge in [0.25, 0.3) is 0 Å². The van der Waals surface area contributed by atoms with Crippen LogP contribution >= 0.6 is 47.8 Å². The quantitative estimate of drug-likeness (QED) is 0.0122. The first-order chi connectivity index (χ1) is 40.5. The number of nitrogens with zero attached hydrogens (tertiary/aromatic N) is 8. The number of carboxylic acid groups (broad SMARTS) is 1. The van der Waals surface area contributed by atoms with Gasteiger partial charge in [-0.25, -0.2) is 41.1 Å². The molecule has 0 saturated heterocycles. The first-order valence-corrected chi connectivity index (χ1v) is 26.3. The van der Waals surface area contributed by atoms with E-state index < -0.39 is 47.3 Å². The molecular weight excluding hydrogens is 1450 g/mol. The molecule has 0 aliphatic heterocycles. The predicted octanol–water partition coefficient (Wildman–Crippen LogP) is 16.4. The number of H-pyrrole nitrogens is 3. The smallest absolute Gasteiger partial charge is 0.354 e. The van der Waals surface area contributed by atoms with Crippen molar-refractivity contribution in [2.45, 2.75) is 50.0 Å². The molecule has 0 amide bonds. The number of hydrogen-bond donors (Lipinski definition) is 4. The molecule has 0 unspecified atom stereocenters. The molecule has 467 valence electrons. The van der Waals surface area contributed by atoms with Gasteiger partial charge in [0, 0.05) is 77.7 Å². The summed E-state index contributed by atoms with van der Waals surface area (Å²) in [6, 6.07) is 23.3. The van der Waals surface area contributed by atoms with Crippen LogP contribution in [0.25, 0.3) is 59.7 Å². The van der Waals surface area contributed by atoms with Crippen molar-refractivity contribution in [1.29, 1.82) is 10.5 Å². The zero-order valence-electron chi connectivity index (χ0n) is 45.1. The van der Waals surface area contributed by atoms with Gasteiger partial charge in [-0.05, 0) is 167 Å². The molecule has 3 aromatic heterocycles. The number of rotatable bonds is 13. The number of benzene rings is 5. The monoisotopic (exact) mass is 1500 g/mol. The van der Waals surface area contributed by atoms with Crippen LogP contribution in [-0.4, -0.2) is 89.2 Å². The number of aromatic nitrogens is 3. The third-order valence-electron chi connectivity index (χ3n) is 10.1. The Hall–Kier alpha value is -8.73. The van der Waals surface area contributed by atoms with Crippen molar-refractivity contribution in [3.05, 3.63) is 199 Å². The van der Waals surface area contributed by atoms with Crippen molar-refractivity contribution in [2.24, 2.45) is 10.2 Å². The summed E-state index contributed by atoms with van der Waals surface area (Å²) in [5.41, 5.74) is 19.0. The van der Waals surface area contributed by atoms with Crippen molar-refractivity contribution < 1.29 is 107 Å². The van der Waals surface area contributed by atoms with E-state index in [0.717, 1.165) is 23.6 Å². The fraction of sp³-hybridized carbons (Fsp3) is 0.207. The van der Waals surface area contributed by atoms with Gasteiger partial charge in [-0.15, -0.1) is 0 Å². The summed E-state index contributed by atoms with van der Waals surface area (Å²) in [6.45, 7) is 7.59. The zero-order chi connectivity index (χ0) is 63.3. The number of halogens is 8. The number of nitrogens with one attached hydrogen (secondary N) is 3. The molecule has 3 heterocycles. The number of nitriles is 2. The van der Waals surface area contributed by atoms with Crippen LogP contribution < -0.4 is 0 Å². The second-order valence-electron chi connectivity index (χ2n) is 15.8. The maximum atomic E-state index is 13.2. The number of aromatic amines is 3. The largest absolute Gasteiger partial charge is 0.477 e. The Labute approximate surface area is 556 Å². The standard InChI is InChI=1S/C12H9FN2O2.C11H9BrFN3O2.C11H9BrFNO2.C10H5FN2O2.C7H4BrFO.C4H7N3O2.3CH4.Y/c1-2-17-12(16)11-5-9-7(6-14)3-8(13)4-10(9)15-11;1-2-18-11(17)10(15-16-14)5-7-3-4-8(13)6-9(7)12;1-2-16-11(15)10-5-7-8(12)3-6(13)4-9(7)14-10;11-6-1-5(4-12)7-3-9(10(14)15)13-8(7)2-6;8-7-3-6(9)2-1-5(7)4-10;1-2-9-4(8)3-6-7-5;;;;/h3-5,15H,2H2,1H3;3-6H,2H2,1H3;3-5,14H,2H2,1H3;1-3,13H,(H,14,15);1-4H;2-3H2,1H3;3*1H4;/b;10-5-;;;;;;;;. The molecule has 0 atom stereocenters. The zero-order valence-corrected chi connectivity index (χ0v) is 52.7. The Morgan fingerprint density at radius 2 is 0.978 bits per heavy atom. The number of fused-ring (bicyclic) bond motifs is 3. The minimum absolute atomic E-state index is 0. The summed E-state index contributed by atoms with van der Waals surface area (Å²) in [7, 11) is 0. The maximum Gasteiger partial charge on any atom is 0.354 e. The van der Waals surface area contributed by atoms with Crippen LogP contribution in [0.1, 0.15) is 108 Å². The first-order valence-electron chi connectivity index (χ1n) is 24.0. The number of azide groups is 2. The van der Waals surface area contributed by atoms with E-state index in [-0.39, 0.29) is 115 Å². The van der Waals surface area contributed by atoms with Crippen LogP contribution in [0.5, 0.6) is 0 Å². The SMILES string of the molecule is C.C.C.CCOC(=O)/C(=C/c1ccc(F)cc1Br)N=[N+]=[N-].CCOC(=O)CN=[N+]=[N-].CCOC(=O)c1cc2c(Br)cc(F)cc2[nH]1.CCOC(=O)c1cc2c(C#N)cc(F)cc2[nH]1.N#Cc1cc(F)cc2[nH]c(C(=O)O)cc12.O=Cc1ccc(F)cc1Br.[Y]. The molecule has 1 radical (unpaired) electrons. The normalized spacial score (nSPS) is 9.57. The van der Waals surface area contributed by atoms with E-state index in [9.17, 15) is 50.7 Å². The van der Waals surface area contributed by atoms with Gasteiger partial charge in [0.2, 0.25) is 0 Å². The summed E-state index contributed by atoms with van der Waals surface area (Å²) in [5.74, 6) is -5.55.